The summed E-state index contributed by atoms with van der Waals surface area (Å²) in [5, 5.41) is 0. The predicted molar refractivity (Wildman–Crippen MR) is 75.2 cm³/mol. The van der Waals surface area contributed by atoms with Gasteiger partial charge < -0.3 is 19.4 Å². The Labute approximate surface area is 116 Å². The van der Waals surface area contributed by atoms with Crippen molar-refractivity contribution in [1.82, 2.24) is 14.7 Å². The molecule has 0 aromatic carbocycles. The van der Waals surface area contributed by atoms with E-state index in [0.717, 1.165) is 39.1 Å². The number of urea groups is 1. The second kappa shape index (κ2) is 5.67. The topological polar surface area (TPSA) is 36.0 Å². The number of likely N-dealkylation sites (N-methyl/N-ethyl adjacent to an activating group) is 1. The Kier molecular flexibility index (Phi) is 4.36. The third-order valence-electron chi connectivity index (χ3n) is 4.71. The van der Waals surface area contributed by atoms with Gasteiger partial charge in [-0.2, -0.15) is 0 Å². The fourth-order valence-corrected chi connectivity index (χ4v) is 3.57. The molecule has 0 N–H and O–H groups in total. The molecule has 2 heterocycles. The van der Waals surface area contributed by atoms with Crippen LogP contribution in [0.1, 0.15) is 19.3 Å². The standard InChI is InChI=1S/C14H27N3O2/c1-15(2)13(18)17-7-5-14(6-8-17)9-12(10-19-4)16(3)11-14/h12H,5-11H2,1-4H3/t12-/m0/s1. The van der Waals surface area contributed by atoms with Crippen LogP contribution in [0.15, 0.2) is 0 Å². The highest BCUT2D eigenvalue weighted by atomic mass is 16.5. The molecule has 0 aliphatic carbocycles. The number of nitrogens with zero attached hydrogens (tertiary/aromatic N) is 3. The Morgan fingerprint density at radius 1 is 1.37 bits per heavy atom. The number of ether oxygens (including phenoxy) is 1. The first-order valence-electron chi connectivity index (χ1n) is 7.13. The van der Waals surface area contributed by atoms with Crippen molar-refractivity contribution in [3.05, 3.63) is 0 Å². The van der Waals surface area contributed by atoms with Gasteiger partial charge in [-0.25, -0.2) is 4.79 Å². The Bertz CT molecular complexity index is 325. The first-order chi connectivity index (χ1) is 8.97. The zero-order valence-electron chi connectivity index (χ0n) is 12.7. The summed E-state index contributed by atoms with van der Waals surface area (Å²) >= 11 is 0. The predicted octanol–water partition coefficient (Wildman–Crippen LogP) is 1.10. The average Bonchev–Trinajstić information content (AvgIpc) is 2.66. The lowest BCUT2D eigenvalue weighted by Crippen LogP contribution is -2.47. The van der Waals surface area contributed by atoms with Gasteiger partial charge in [-0.15, -0.1) is 0 Å². The molecule has 19 heavy (non-hydrogen) atoms. The van der Waals surface area contributed by atoms with E-state index in [2.05, 4.69) is 11.9 Å². The Morgan fingerprint density at radius 3 is 2.53 bits per heavy atom. The molecular formula is C14H27N3O2. The summed E-state index contributed by atoms with van der Waals surface area (Å²) < 4.78 is 5.31. The smallest absolute Gasteiger partial charge is 0.319 e. The normalized spacial score (nSPS) is 26.9. The number of carbonyl (C=O) groups is 1. The maximum absolute atomic E-state index is 12.0. The van der Waals surface area contributed by atoms with Crippen LogP contribution in [0.2, 0.25) is 0 Å². The van der Waals surface area contributed by atoms with Gasteiger partial charge in [0.1, 0.15) is 0 Å². The van der Waals surface area contributed by atoms with E-state index in [1.807, 2.05) is 19.0 Å². The van der Waals surface area contributed by atoms with Crippen LogP contribution in [-0.4, -0.2) is 81.3 Å². The molecule has 110 valence electrons. The van der Waals surface area contributed by atoms with E-state index in [9.17, 15) is 4.79 Å². The highest BCUT2D eigenvalue weighted by Crippen LogP contribution is 2.42. The molecule has 2 amide bonds. The number of rotatable bonds is 2. The number of methoxy groups -OCH3 is 1. The molecule has 5 heteroatoms. The molecule has 2 aliphatic rings. The lowest BCUT2D eigenvalue weighted by atomic mass is 9.76. The van der Waals surface area contributed by atoms with Gasteiger partial charge in [0.2, 0.25) is 0 Å². The van der Waals surface area contributed by atoms with Gasteiger partial charge >= 0.3 is 6.03 Å². The van der Waals surface area contributed by atoms with Gasteiger partial charge in [-0.3, -0.25) is 0 Å². The SMILES string of the molecule is COC[C@@H]1CC2(CCN(C(=O)N(C)C)CC2)CN1C. The molecular weight excluding hydrogens is 242 g/mol. The minimum atomic E-state index is 0.148. The number of amides is 2. The van der Waals surface area contributed by atoms with Crippen LogP contribution in [-0.2, 0) is 4.74 Å². The molecule has 5 nitrogen and oxygen atoms in total. The van der Waals surface area contributed by atoms with Crippen molar-refractivity contribution in [3.8, 4) is 0 Å². The van der Waals surface area contributed by atoms with Gasteiger partial charge in [-0.05, 0) is 31.7 Å². The van der Waals surface area contributed by atoms with Gasteiger partial charge in [0.05, 0.1) is 6.61 Å². The minimum absolute atomic E-state index is 0.148. The number of hydrogen-bond acceptors (Lipinski definition) is 3. The summed E-state index contributed by atoms with van der Waals surface area (Å²) in [7, 11) is 7.61. The maximum Gasteiger partial charge on any atom is 0.319 e. The minimum Gasteiger partial charge on any atom is -0.383 e. The Hall–Kier alpha value is -0.810. The van der Waals surface area contributed by atoms with Crippen molar-refractivity contribution in [2.75, 3.05) is 54.5 Å². The van der Waals surface area contributed by atoms with E-state index in [0.29, 0.717) is 11.5 Å². The lowest BCUT2D eigenvalue weighted by Gasteiger charge is -2.40. The van der Waals surface area contributed by atoms with Crippen molar-refractivity contribution in [2.24, 2.45) is 5.41 Å². The molecule has 0 aromatic rings. The fraction of sp³-hybridized carbons (Fsp3) is 0.929. The van der Waals surface area contributed by atoms with E-state index in [1.54, 1.807) is 12.0 Å². The van der Waals surface area contributed by atoms with Gasteiger partial charge in [0.15, 0.2) is 0 Å². The third kappa shape index (κ3) is 3.03. The lowest BCUT2D eigenvalue weighted by molar-refractivity contribution is 0.108. The summed E-state index contributed by atoms with van der Waals surface area (Å²) in [6.07, 6.45) is 3.45. The third-order valence-corrected chi connectivity index (χ3v) is 4.71. The van der Waals surface area contributed by atoms with E-state index in [1.165, 1.54) is 6.42 Å². The molecule has 2 aliphatic heterocycles. The molecule has 0 radical (unpaired) electrons. The first-order valence-corrected chi connectivity index (χ1v) is 7.13. The molecule has 2 saturated heterocycles. The molecule has 0 unspecified atom stereocenters. The first kappa shape index (κ1) is 14.6. The van der Waals surface area contributed by atoms with Gasteiger partial charge in [0.25, 0.3) is 0 Å². The largest absolute Gasteiger partial charge is 0.383 e. The molecule has 0 aromatic heterocycles. The molecule has 1 spiro atoms. The molecule has 0 bridgehead atoms. The summed E-state index contributed by atoms with van der Waals surface area (Å²) in [5.74, 6) is 0. The van der Waals surface area contributed by atoms with Crippen molar-refractivity contribution in [1.29, 1.82) is 0 Å². The van der Waals surface area contributed by atoms with Gasteiger partial charge in [0, 0.05) is 46.9 Å². The van der Waals surface area contributed by atoms with Crippen molar-refractivity contribution < 1.29 is 9.53 Å². The van der Waals surface area contributed by atoms with E-state index < -0.39 is 0 Å². The zero-order chi connectivity index (χ0) is 14.0. The maximum atomic E-state index is 12.0. The van der Waals surface area contributed by atoms with Crippen molar-refractivity contribution in [2.45, 2.75) is 25.3 Å². The number of carbonyl (C=O) groups excluding carboxylic acids is 1. The summed E-state index contributed by atoms with van der Waals surface area (Å²) in [5.41, 5.74) is 0.404. The number of hydrogen-bond donors (Lipinski definition) is 0. The van der Waals surface area contributed by atoms with Crippen LogP contribution in [0.25, 0.3) is 0 Å². The van der Waals surface area contributed by atoms with Crippen molar-refractivity contribution >= 4 is 6.03 Å². The number of piperidine rings is 1. The second-order valence-corrected chi connectivity index (χ2v) is 6.39. The monoisotopic (exact) mass is 269 g/mol. The highest BCUT2D eigenvalue weighted by molar-refractivity contribution is 5.73. The Balaban J connectivity index is 1.91. The molecule has 2 rings (SSSR count). The van der Waals surface area contributed by atoms with Crippen LogP contribution in [0.3, 0.4) is 0 Å². The quantitative estimate of drug-likeness (QED) is 0.753. The average molecular weight is 269 g/mol. The molecule has 2 fully saturated rings. The van der Waals surface area contributed by atoms with Crippen LogP contribution >= 0.6 is 0 Å². The van der Waals surface area contributed by atoms with Crippen molar-refractivity contribution in [3.63, 3.8) is 0 Å². The Morgan fingerprint density at radius 2 is 2.00 bits per heavy atom. The fourth-order valence-electron chi connectivity index (χ4n) is 3.57. The van der Waals surface area contributed by atoms with Crippen LogP contribution in [0.5, 0.6) is 0 Å². The summed E-state index contributed by atoms with van der Waals surface area (Å²) in [6, 6.07) is 0.691. The summed E-state index contributed by atoms with van der Waals surface area (Å²) in [4.78, 5) is 18.0. The van der Waals surface area contributed by atoms with E-state index in [4.69, 9.17) is 4.74 Å². The molecule has 0 saturated carbocycles. The molecule has 1 atom stereocenters. The zero-order valence-corrected chi connectivity index (χ0v) is 12.7. The number of likely N-dealkylation sites (tertiary alicyclic amines) is 2. The van der Waals surface area contributed by atoms with Crippen LogP contribution in [0, 0.1) is 5.41 Å². The van der Waals surface area contributed by atoms with Crippen LogP contribution in [0.4, 0.5) is 4.79 Å². The van der Waals surface area contributed by atoms with E-state index >= 15 is 0 Å². The van der Waals surface area contributed by atoms with Gasteiger partial charge in [-0.1, -0.05) is 0 Å². The van der Waals surface area contributed by atoms with Crippen LogP contribution < -0.4 is 0 Å². The highest BCUT2D eigenvalue weighted by Gasteiger charge is 2.44. The van der Waals surface area contributed by atoms with E-state index in [-0.39, 0.29) is 6.03 Å². The second-order valence-electron chi connectivity index (χ2n) is 6.39. The summed E-state index contributed by atoms with van der Waals surface area (Å²) in [6.45, 7) is 3.75.